The molecule has 0 saturated heterocycles. The van der Waals surface area contributed by atoms with Gasteiger partial charge >= 0.3 is 54.1 Å². The van der Waals surface area contributed by atoms with E-state index in [-0.39, 0.29) is 60.0 Å². The minimum atomic E-state index is -6.59. The molecule has 0 heterocycles. The molecule has 0 aliphatic heterocycles. The molecule has 28 heteroatoms. The SMILES string of the molecule is CC(C)(C)/C(O)=C\C(=O)C(F)(F)C(F)(F)C(F)(F)F.CC(C)(C)/C(O)=C\C(=O)C(F)(F)C(F)(F)C(F)(F)F.CC(C)(C)/C(O)=C\C(=O)C(F)(F)C(F)(F)C(F)(F)F.[Ce]. The maximum Gasteiger partial charge on any atom is 0.460 e. The molecule has 58 heavy (non-hydrogen) atoms. The third-order valence-corrected chi connectivity index (χ3v) is 6.29. The van der Waals surface area contributed by atoms with E-state index in [0.717, 1.165) is 0 Å². The Labute approximate surface area is 347 Å². The van der Waals surface area contributed by atoms with Crippen LogP contribution in [0.25, 0.3) is 0 Å². The fourth-order valence-electron chi connectivity index (χ4n) is 2.29. The normalized spacial score (nSPS) is 15.3. The average Bonchev–Trinajstić information content (AvgIpc) is 2.93. The Balaban J connectivity index is -0.000000374. The molecule has 6 nitrogen and oxygen atoms in total. The summed E-state index contributed by atoms with van der Waals surface area (Å²) in [6.45, 7) is 11.2. The van der Waals surface area contributed by atoms with Gasteiger partial charge in [-0.1, -0.05) is 62.3 Å². The average molecular weight is 1030 g/mol. The van der Waals surface area contributed by atoms with Gasteiger partial charge in [-0.2, -0.15) is 92.2 Å². The first-order chi connectivity index (χ1) is 24.1. The van der Waals surface area contributed by atoms with Gasteiger partial charge in [0.1, 0.15) is 17.3 Å². The summed E-state index contributed by atoms with van der Waals surface area (Å²) in [6.07, 6.45) is -20.7. The summed E-state index contributed by atoms with van der Waals surface area (Å²) in [5.41, 5.74) is -3.75. The van der Waals surface area contributed by atoms with Gasteiger partial charge in [-0.15, -0.1) is 0 Å². The fourth-order valence-corrected chi connectivity index (χ4v) is 2.29. The fraction of sp³-hybridized carbons (Fsp3) is 0.700. The minimum Gasteiger partial charge on any atom is -0.512 e. The predicted molar refractivity (Wildman–Crippen MR) is 153 cm³/mol. The standard InChI is InChI=1S/3C10H11F7O2.Ce/c3*1-7(2,3)5(18)4-6(19)8(11,12)9(13,14)10(15,16)17;/h3*4,18H,1-3H3;/b3*5-4+;. The van der Waals surface area contributed by atoms with Crippen LogP contribution in [-0.4, -0.2) is 86.7 Å². The molecule has 0 aromatic carbocycles. The van der Waals surface area contributed by atoms with Gasteiger partial charge in [-0.3, -0.25) is 14.4 Å². The van der Waals surface area contributed by atoms with Crippen molar-refractivity contribution >= 4 is 17.3 Å². The van der Waals surface area contributed by atoms with Crippen LogP contribution in [0, 0.1) is 58.0 Å². The second-order valence-corrected chi connectivity index (χ2v) is 14.4. The second kappa shape index (κ2) is 19.1. The van der Waals surface area contributed by atoms with Crippen molar-refractivity contribution in [2.24, 2.45) is 16.2 Å². The summed E-state index contributed by atoms with van der Waals surface area (Å²) in [5.74, 6) is -49.1. The molecule has 0 aromatic rings. The molecule has 0 fully saturated rings. The molecule has 0 amide bonds. The van der Waals surface area contributed by atoms with Crippen LogP contribution in [-0.2, 0) is 14.4 Å². The summed E-state index contributed by atoms with van der Waals surface area (Å²) in [6, 6.07) is 0. The van der Waals surface area contributed by atoms with Gasteiger partial charge in [-0.05, 0) is 0 Å². The Hall–Kier alpha value is -2.46. The van der Waals surface area contributed by atoms with E-state index in [0.29, 0.717) is 0 Å². The van der Waals surface area contributed by atoms with Gasteiger partial charge in [0.15, 0.2) is 0 Å². The van der Waals surface area contributed by atoms with Crippen molar-refractivity contribution in [2.45, 2.75) is 116 Å². The van der Waals surface area contributed by atoms with E-state index in [1.807, 2.05) is 0 Å². The minimum absolute atomic E-state index is 0. The van der Waals surface area contributed by atoms with E-state index >= 15 is 0 Å². The van der Waals surface area contributed by atoms with Crippen molar-refractivity contribution in [3.8, 4) is 0 Å². The smallest absolute Gasteiger partial charge is 0.460 e. The van der Waals surface area contributed by atoms with Crippen molar-refractivity contribution in [3.63, 3.8) is 0 Å². The number of carbonyl (C=O) groups excluding carboxylic acids is 3. The van der Waals surface area contributed by atoms with Crippen LogP contribution in [0.5, 0.6) is 0 Å². The zero-order valence-electron chi connectivity index (χ0n) is 30.7. The van der Waals surface area contributed by atoms with Crippen molar-refractivity contribution in [3.05, 3.63) is 35.5 Å². The molecule has 0 atom stereocenters. The molecule has 0 aliphatic rings. The largest absolute Gasteiger partial charge is 0.512 e. The summed E-state index contributed by atoms with van der Waals surface area (Å²) in [4.78, 5) is 32.5. The Bertz CT molecular complexity index is 1350. The van der Waals surface area contributed by atoms with Gasteiger partial charge in [0.05, 0.1) is 0 Å². The first kappa shape index (κ1) is 62.2. The van der Waals surface area contributed by atoms with Crippen LogP contribution in [0.3, 0.4) is 0 Å². The summed E-state index contributed by atoms with van der Waals surface area (Å²) >= 11 is 0. The number of ketones is 3. The molecule has 340 valence electrons. The van der Waals surface area contributed by atoms with E-state index in [2.05, 4.69) is 0 Å². The number of allylic oxidation sites excluding steroid dienone is 6. The first-order valence-electron chi connectivity index (χ1n) is 14.5. The zero-order valence-corrected chi connectivity index (χ0v) is 33.9. The summed E-state index contributed by atoms with van der Waals surface area (Å²) < 4.78 is 258. The molecule has 0 bridgehead atoms. The van der Waals surface area contributed by atoms with Crippen molar-refractivity contribution in [1.29, 1.82) is 0 Å². The van der Waals surface area contributed by atoms with Gasteiger partial charge < -0.3 is 15.3 Å². The Morgan fingerprint density at radius 2 is 0.448 bits per heavy atom. The van der Waals surface area contributed by atoms with Gasteiger partial charge in [0.2, 0.25) is 17.3 Å². The van der Waals surface area contributed by atoms with Gasteiger partial charge in [-0.25, -0.2) is 0 Å². The van der Waals surface area contributed by atoms with Gasteiger partial charge in [0, 0.05) is 76.2 Å². The maximum absolute atomic E-state index is 12.9. The van der Waals surface area contributed by atoms with Crippen LogP contribution in [0.15, 0.2) is 35.5 Å². The summed E-state index contributed by atoms with van der Waals surface area (Å²) in [7, 11) is 0. The molecule has 0 unspecified atom stereocenters. The van der Waals surface area contributed by atoms with Crippen LogP contribution in [0.1, 0.15) is 62.3 Å². The predicted octanol–water partition coefficient (Wildman–Crippen LogP) is 11.6. The van der Waals surface area contributed by atoms with E-state index in [1.54, 1.807) is 0 Å². The Kier molecular flexibility index (Phi) is 20.4. The number of hydrogen-bond donors (Lipinski definition) is 3. The zero-order chi connectivity index (χ0) is 47.6. The van der Waals surface area contributed by atoms with E-state index < -0.39 is 105 Å². The second-order valence-electron chi connectivity index (χ2n) is 14.4. The molecular formula is C30H33CeF21O6. The third-order valence-electron chi connectivity index (χ3n) is 6.29. The monoisotopic (exact) mass is 1030 g/mol. The number of hydrogen-bond acceptors (Lipinski definition) is 6. The molecular weight excluding hydrogens is 995 g/mol. The van der Waals surface area contributed by atoms with Crippen LogP contribution in [0.2, 0.25) is 0 Å². The van der Waals surface area contributed by atoms with Crippen LogP contribution in [0.4, 0.5) is 92.2 Å². The number of rotatable bonds is 9. The summed E-state index contributed by atoms with van der Waals surface area (Å²) in [5, 5.41) is 27.5. The third kappa shape index (κ3) is 14.9. The number of carbonyl (C=O) groups is 3. The van der Waals surface area contributed by atoms with E-state index in [4.69, 9.17) is 15.3 Å². The van der Waals surface area contributed by atoms with Gasteiger partial charge in [0.25, 0.3) is 0 Å². The molecule has 0 saturated carbocycles. The number of alkyl halides is 21. The first-order valence-corrected chi connectivity index (χ1v) is 14.5. The van der Waals surface area contributed by atoms with E-state index in [1.165, 1.54) is 62.3 Å². The molecule has 0 spiro atoms. The van der Waals surface area contributed by atoms with Crippen LogP contribution >= 0.6 is 0 Å². The number of aliphatic hydroxyl groups is 3. The van der Waals surface area contributed by atoms with Crippen molar-refractivity contribution < 1.29 is 164 Å². The topological polar surface area (TPSA) is 112 Å². The molecule has 0 aliphatic carbocycles. The maximum atomic E-state index is 12.9. The molecule has 0 aromatic heterocycles. The van der Waals surface area contributed by atoms with Crippen molar-refractivity contribution in [1.82, 2.24) is 0 Å². The van der Waals surface area contributed by atoms with Crippen LogP contribution < -0.4 is 0 Å². The number of aliphatic hydroxyl groups excluding tert-OH is 3. The number of halogens is 21. The van der Waals surface area contributed by atoms with Crippen molar-refractivity contribution in [2.75, 3.05) is 0 Å². The molecule has 0 radical (unpaired) electrons. The molecule has 0 rings (SSSR count). The quantitative estimate of drug-likeness (QED) is 0.121. The Morgan fingerprint density at radius 1 is 0.328 bits per heavy atom. The Morgan fingerprint density at radius 3 is 0.534 bits per heavy atom. The molecule has 3 N–H and O–H groups in total. The van der Waals surface area contributed by atoms with E-state index in [9.17, 15) is 107 Å².